The van der Waals surface area contributed by atoms with Crippen molar-refractivity contribution >= 4 is 17.7 Å². The smallest absolute Gasteiger partial charge is 0.272 e. The number of furan rings is 1. The molecule has 2 aromatic heterocycles. The first kappa shape index (κ1) is 21.6. The van der Waals surface area contributed by atoms with Crippen molar-refractivity contribution in [2.75, 3.05) is 20.1 Å². The minimum Gasteiger partial charge on any atom is -0.469 e. The van der Waals surface area contributed by atoms with Gasteiger partial charge in [-0.2, -0.15) is 5.10 Å². The van der Waals surface area contributed by atoms with E-state index in [1.165, 1.54) is 15.6 Å². The van der Waals surface area contributed by atoms with Crippen LogP contribution in [0.3, 0.4) is 0 Å². The predicted molar refractivity (Wildman–Crippen MR) is 110 cm³/mol. The number of likely N-dealkylation sites (N-methyl/N-ethyl adjacent to an activating group) is 1. The highest BCUT2D eigenvalue weighted by Crippen LogP contribution is 2.26. The molecule has 0 unspecified atom stereocenters. The molecule has 0 bridgehead atoms. The molecule has 0 radical (unpaired) electrons. The summed E-state index contributed by atoms with van der Waals surface area (Å²) >= 11 is 0. The van der Waals surface area contributed by atoms with Crippen molar-refractivity contribution in [3.05, 3.63) is 41.6 Å². The van der Waals surface area contributed by atoms with E-state index in [1.807, 2.05) is 6.07 Å². The van der Waals surface area contributed by atoms with Gasteiger partial charge in [-0.3, -0.25) is 19.1 Å². The van der Waals surface area contributed by atoms with E-state index in [2.05, 4.69) is 29.6 Å². The molecule has 1 aliphatic rings. The van der Waals surface area contributed by atoms with Gasteiger partial charge in [0.1, 0.15) is 17.0 Å². The van der Waals surface area contributed by atoms with Gasteiger partial charge in [-0.25, -0.2) is 0 Å². The van der Waals surface area contributed by atoms with Gasteiger partial charge in [0.05, 0.1) is 12.8 Å². The lowest BCUT2D eigenvalue weighted by Crippen LogP contribution is -2.62. The maximum absolute atomic E-state index is 12.9. The van der Waals surface area contributed by atoms with Gasteiger partial charge in [0.15, 0.2) is 5.69 Å². The minimum absolute atomic E-state index is 0.149. The maximum atomic E-state index is 12.9. The van der Waals surface area contributed by atoms with Crippen LogP contribution in [0.15, 0.2) is 28.9 Å². The lowest BCUT2D eigenvalue weighted by atomic mass is 9.95. The number of rotatable bonds is 8. The second-order valence-corrected chi connectivity index (χ2v) is 8.23. The number of amides is 3. The van der Waals surface area contributed by atoms with Crippen LogP contribution in [-0.2, 0) is 17.8 Å². The Bertz CT molecular complexity index is 918. The molecule has 3 rings (SSSR count). The van der Waals surface area contributed by atoms with Crippen molar-refractivity contribution in [1.82, 2.24) is 25.3 Å². The predicted octanol–water partition coefficient (Wildman–Crippen LogP) is 1.46. The number of fused-ring (bicyclic) bond motifs is 1. The molecule has 3 heterocycles. The molecule has 30 heavy (non-hydrogen) atoms. The molecule has 0 saturated heterocycles. The number of nitrogens with one attached hydrogen (secondary N) is 2. The zero-order valence-electron chi connectivity index (χ0n) is 17.9. The molecule has 0 aromatic carbocycles. The zero-order chi connectivity index (χ0) is 21.9. The molecule has 0 spiro atoms. The number of carbonyl (C=O) groups excluding carboxylic acids is 3. The van der Waals surface area contributed by atoms with Crippen LogP contribution in [0, 0.1) is 5.92 Å². The average molecular weight is 415 g/mol. The van der Waals surface area contributed by atoms with E-state index in [4.69, 9.17) is 4.42 Å². The lowest BCUT2D eigenvalue weighted by Gasteiger charge is -2.40. The molecule has 162 valence electrons. The fraction of sp³-hybridized carbons (Fsp3) is 0.524. The minimum atomic E-state index is -1.08. The number of carbonyl (C=O) groups is 3. The Hall–Kier alpha value is -3.10. The summed E-state index contributed by atoms with van der Waals surface area (Å²) in [5.41, 5.74) is -0.642. The molecular formula is C21H29N5O4. The quantitative estimate of drug-likeness (QED) is 0.678. The molecule has 2 N–H and O–H groups in total. The van der Waals surface area contributed by atoms with Crippen molar-refractivity contribution in [1.29, 1.82) is 0 Å². The molecule has 9 nitrogen and oxygen atoms in total. The van der Waals surface area contributed by atoms with Crippen LogP contribution in [-0.4, -0.2) is 58.1 Å². The number of hydrogen-bond donors (Lipinski definition) is 2. The Labute approximate surface area is 175 Å². The van der Waals surface area contributed by atoms with Crippen molar-refractivity contribution in [3.8, 4) is 0 Å². The first-order chi connectivity index (χ1) is 14.2. The van der Waals surface area contributed by atoms with E-state index >= 15 is 0 Å². The van der Waals surface area contributed by atoms with Gasteiger partial charge in [0.2, 0.25) is 5.91 Å². The molecule has 0 saturated carbocycles. The second kappa shape index (κ2) is 8.73. The van der Waals surface area contributed by atoms with Crippen LogP contribution >= 0.6 is 0 Å². The summed E-state index contributed by atoms with van der Waals surface area (Å²) in [6, 6.07) is 5.10. The largest absolute Gasteiger partial charge is 0.469 e. The third kappa shape index (κ3) is 4.39. The summed E-state index contributed by atoms with van der Waals surface area (Å²) < 4.78 is 6.69. The first-order valence-electron chi connectivity index (χ1n) is 10.2. The summed E-state index contributed by atoms with van der Waals surface area (Å²) in [5.74, 6) is 0.294. The van der Waals surface area contributed by atoms with Crippen molar-refractivity contribution in [2.24, 2.45) is 5.92 Å². The van der Waals surface area contributed by atoms with Crippen LogP contribution < -0.4 is 10.6 Å². The van der Waals surface area contributed by atoms with Gasteiger partial charge in [0, 0.05) is 32.6 Å². The third-order valence-corrected chi connectivity index (χ3v) is 5.47. The van der Waals surface area contributed by atoms with Crippen LogP contribution in [0.2, 0.25) is 0 Å². The maximum Gasteiger partial charge on any atom is 0.272 e. The Kier molecular flexibility index (Phi) is 6.28. The van der Waals surface area contributed by atoms with Crippen LogP contribution in [0.4, 0.5) is 0 Å². The van der Waals surface area contributed by atoms with Gasteiger partial charge in [-0.05, 0) is 31.4 Å². The van der Waals surface area contributed by atoms with E-state index in [0.29, 0.717) is 31.1 Å². The van der Waals surface area contributed by atoms with E-state index in [0.717, 1.165) is 12.2 Å². The van der Waals surface area contributed by atoms with Crippen LogP contribution in [0.25, 0.3) is 0 Å². The Balaban J connectivity index is 1.68. The third-order valence-electron chi connectivity index (χ3n) is 5.47. The highest BCUT2D eigenvalue weighted by Gasteiger charge is 2.46. The average Bonchev–Trinajstić information content (AvgIpc) is 3.35. The molecular weight excluding hydrogens is 386 g/mol. The highest BCUT2D eigenvalue weighted by molar-refractivity contribution is 6.01. The fourth-order valence-corrected chi connectivity index (χ4v) is 3.35. The standard InChI is InChI=1S/C21H29N5O4/c1-14(2)7-9-23-20(29)21(3)13-26-17(19(28)25(21)4)12-16(24-26)18(27)22-10-8-15-6-5-11-30-15/h5-6,11-12,14H,7-10,13H2,1-4H3,(H,22,27)(H,23,29)/t21-/m1/s1. The van der Waals surface area contributed by atoms with E-state index in [-0.39, 0.29) is 30.0 Å². The molecule has 9 heteroatoms. The number of aromatic nitrogens is 2. The van der Waals surface area contributed by atoms with Crippen molar-refractivity contribution in [3.63, 3.8) is 0 Å². The highest BCUT2D eigenvalue weighted by atomic mass is 16.3. The number of hydrogen-bond acceptors (Lipinski definition) is 5. The second-order valence-electron chi connectivity index (χ2n) is 8.23. The normalized spacial score (nSPS) is 18.4. The molecule has 3 amide bonds. The van der Waals surface area contributed by atoms with Crippen molar-refractivity contribution < 1.29 is 18.8 Å². The first-order valence-corrected chi connectivity index (χ1v) is 10.2. The van der Waals surface area contributed by atoms with Crippen LogP contribution in [0.5, 0.6) is 0 Å². The summed E-state index contributed by atoms with van der Waals surface area (Å²) in [4.78, 5) is 39.6. The summed E-state index contributed by atoms with van der Waals surface area (Å²) in [6.45, 7) is 6.99. The van der Waals surface area contributed by atoms with E-state index in [9.17, 15) is 14.4 Å². The summed E-state index contributed by atoms with van der Waals surface area (Å²) in [7, 11) is 1.60. The van der Waals surface area contributed by atoms with E-state index < -0.39 is 5.54 Å². The molecule has 1 aliphatic heterocycles. The Morgan fingerprint density at radius 3 is 2.73 bits per heavy atom. The van der Waals surface area contributed by atoms with E-state index in [1.54, 1.807) is 26.3 Å². The SMILES string of the molecule is CC(C)CCNC(=O)[C@@]1(C)Cn2nc(C(=O)NCCc3ccco3)cc2C(=O)N1C. The molecule has 2 aromatic rings. The topological polar surface area (TPSA) is 109 Å². The van der Waals surface area contributed by atoms with Gasteiger partial charge in [0.25, 0.3) is 11.8 Å². The summed E-state index contributed by atoms with van der Waals surface area (Å²) in [6.07, 6.45) is 3.00. The van der Waals surface area contributed by atoms with Gasteiger partial charge < -0.3 is 20.0 Å². The van der Waals surface area contributed by atoms with Gasteiger partial charge in [-0.1, -0.05) is 13.8 Å². The molecule has 0 aliphatic carbocycles. The Morgan fingerprint density at radius 2 is 2.07 bits per heavy atom. The molecule has 1 atom stereocenters. The molecule has 0 fully saturated rings. The summed E-state index contributed by atoms with van der Waals surface area (Å²) in [5, 5.41) is 9.98. The van der Waals surface area contributed by atoms with Crippen molar-refractivity contribution in [2.45, 2.75) is 45.7 Å². The van der Waals surface area contributed by atoms with Crippen LogP contribution in [0.1, 0.15) is 53.9 Å². The zero-order valence-corrected chi connectivity index (χ0v) is 17.9. The monoisotopic (exact) mass is 415 g/mol. The fourth-order valence-electron chi connectivity index (χ4n) is 3.35. The lowest BCUT2D eigenvalue weighted by molar-refractivity contribution is -0.132. The Morgan fingerprint density at radius 1 is 1.30 bits per heavy atom. The van der Waals surface area contributed by atoms with Gasteiger partial charge in [-0.15, -0.1) is 0 Å². The van der Waals surface area contributed by atoms with Gasteiger partial charge >= 0.3 is 0 Å². The number of nitrogens with zero attached hydrogens (tertiary/aromatic N) is 3.